The topological polar surface area (TPSA) is 87.8 Å². The minimum atomic E-state index is -0.967. The third kappa shape index (κ3) is 6.71. The zero-order valence-corrected chi connectivity index (χ0v) is 30.4. The standard InChI is InChI=1S/C38H42ClFN6O3S/c1-43(2)13-14-46-36-31-11-12-32(39)34(36)35-25(20-41-45(35)4)21-50-22-27-19-28(44(3)42-27)9-7-23-16-24-18-26(40)8-10-29(24)33(17-23)49-15-5-6-30(31)37(46)38(47)48/h8,10-12,16-19,41H,5-7,9,13-15,20-22H2,1-4H3,(H,47,48). The quantitative estimate of drug-likeness (QED) is 0.211. The third-order valence-corrected chi connectivity index (χ3v) is 11.0. The first-order chi connectivity index (χ1) is 24.1. The van der Waals surface area contributed by atoms with Crippen molar-refractivity contribution in [2.75, 3.05) is 46.6 Å². The first-order valence-corrected chi connectivity index (χ1v) is 18.5. The molecule has 0 saturated heterocycles. The second-order valence-corrected chi connectivity index (χ2v) is 14.8. The molecule has 2 aromatic heterocycles. The highest BCUT2D eigenvalue weighted by Gasteiger charge is 2.30. The van der Waals surface area contributed by atoms with Crippen molar-refractivity contribution in [2.45, 2.75) is 38.0 Å². The number of benzene rings is 3. The zero-order valence-electron chi connectivity index (χ0n) is 28.9. The maximum absolute atomic E-state index is 14.4. The zero-order chi connectivity index (χ0) is 35.1. The molecule has 0 aliphatic carbocycles. The van der Waals surface area contributed by atoms with Crippen LogP contribution in [0.3, 0.4) is 0 Å². The molecule has 0 amide bonds. The van der Waals surface area contributed by atoms with E-state index in [1.807, 2.05) is 60.6 Å². The van der Waals surface area contributed by atoms with Crippen molar-refractivity contribution in [2.24, 2.45) is 7.05 Å². The van der Waals surface area contributed by atoms with E-state index in [2.05, 4.69) is 22.5 Å². The summed E-state index contributed by atoms with van der Waals surface area (Å²) >= 11 is 8.89. The van der Waals surface area contributed by atoms with Gasteiger partial charge < -0.3 is 24.3 Å². The lowest BCUT2D eigenvalue weighted by molar-refractivity contribution is 0.0683. The molecule has 262 valence electrons. The van der Waals surface area contributed by atoms with Crippen LogP contribution in [0, 0.1) is 5.82 Å². The smallest absolute Gasteiger partial charge is 0.352 e. The Morgan fingerprint density at radius 3 is 2.70 bits per heavy atom. The maximum Gasteiger partial charge on any atom is 0.352 e. The van der Waals surface area contributed by atoms with Crippen LogP contribution in [0.25, 0.3) is 27.4 Å². The predicted molar refractivity (Wildman–Crippen MR) is 200 cm³/mol. The average Bonchev–Trinajstić information content (AvgIpc) is 3.72. The number of fused-ring (bicyclic) bond motifs is 7. The van der Waals surface area contributed by atoms with Gasteiger partial charge >= 0.3 is 5.97 Å². The first-order valence-electron chi connectivity index (χ1n) is 16.9. The minimum Gasteiger partial charge on any atom is -0.493 e. The van der Waals surface area contributed by atoms with Crippen molar-refractivity contribution in [3.05, 3.63) is 98.7 Å². The Balaban J connectivity index is 1.37. The van der Waals surface area contributed by atoms with E-state index in [9.17, 15) is 14.3 Å². The molecule has 7 rings (SSSR count). The minimum absolute atomic E-state index is 0.284. The van der Waals surface area contributed by atoms with Crippen LogP contribution in [0.5, 0.6) is 5.75 Å². The van der Waals surface area contributed by atoms with Gasteiger partial charge in [0.15, 0.2) is 0 Å². The van der Waals surface area contributed by atoms with Crippen LogP contribution < -0.4 is 10.2 Å². The highest BCUT2D eigenvalue weighted by Crippen LogP contribution is 2.41. The Labute approximate surface area is 300 Å². The number of rotatable bonds is 4. The number of hydrazine groups is 1. The number of nitrogens with one attached hydrogen (secondary N) is 1. The van der Waals surface area contributed by atoms with Gasteiger partial charge in [0.1, 0.15) is 17.3 Å². The molecule has 12 heteroatoms. The molecule has 2 aliphatic heterocycles. The molecule has 0 atom stereocenters. The van der Waals surface area contributed by atoms with Gasteiger partial charge in [-0.05, 0) is 98.3 Å². The van der Waals surface area contributed by atoms with Crippen molar-refractivity contribution in [1.29, 1.82) is 0 Å². The Morgan fingerprint density at radius 1 is 1.08 bits per heavy atom. The molecule has 0 unspecified atom stereocenters. The van der Waals surface area contributed by atoms with Crippen LogP contribution in [0.15, 0.2) is 54.1 Å². The molecule has 50 heavy (non-hydrogen) atoms. The second-order valence-electron chi connectivity index (χ2n) is 13.4. The average molecular weight is 717 g/mol. The number of aromatic nitrogens is 3. The number of carbonyl (C=O) groups is 1. The fourth-order valence-corrected chi connectivity index (χ4v) is 8.48. The number of hydrogen-bond acceptors (Lipinski definition) is 7. The molecule has 8 bridgehead atoms. The number of hydrogen-bond donors (Lipinski definition) is 2. The Hall–Kier alpha value is -4.03. The Bertz CT molecular complexity index is 2140. The van der Waals surface area contributed by atoms with Crippen molar-refractivity contribution in [3.8, 4) is 5.75 Å². The van der Waals surface area contributed by atoms with Gasteiger partial charge in [-0.2, -0.15) is 16.9 Å². The number of aromatic carboxylic acids is 1. The number of likely N-dealkylation sites (N-methyl/N-ethyl adjacent to an activating group) is 1. The van der Waals surface area contributed by atoms with E-state index in [0.717, 1.165) is 79.8 Å². The molecule has 0 saturated carbocycles. The summed E-state index contributed by atoms with van der Waals surface area (Å²) in [6.45, 7) is 2.18. The highest BCUT2D eigenvalue weighted by molar-refractivity contribution is 7.98. The molecule has 4 heterocycles. The molecule has 0 fully saturated rings. The Kier molecular flexibility index (Phi) is 9.85. The molecule has 3 aromatic carbocycles. The largest absolute Gasteiger partial charge is 0.493 e. The SMILES string of the molecule is CN(C)CCn1c(C(=O)O)c2c3ccc(Cl)c(c31)C1=C(CNN1C)CSCc1cc(n(C)n1)CCc1cc(c3ccc(F)cc3c1)OCCC2. The van der Waals surface area contributed by atoms with E-state index in [-0.39, 0.29) is 11.5 Å². The summed E-state index contributed by atoms with van der Waals surface area (Å²) in [5, 5.41) is 20.7. The summed E-state index contributed by atoms with van der Waals surface area (Å²) in [7, 11) is 7.95. The molecule has 0 radical (unpaired) electrons. The lowest BCUT2D eigenvalue weighted by Gasteiger charge is -2.21. The number of carboxylic acids is 1. The first kappa shape index (κ1) is 34.4. The van der Waals surface area contributed by atoms with Crippen LogP contribution >= 0.6 is 23.4 Å². The predicted octanol–water partition coefficient (Wildman–Crippen LogP) is 6.79. The molecule has 5 aromatic rings. The van der Waals surface area contributed by atoms with Gasteiger partial charge in [0.25, 0.3) is 0 Å². The lowest BCUT2D eigenvalue weighted by atomic mass is 10.0. The molecular weight excluding hydrogens is 675 g/mol. The van der Waals surface area contributed by atoms with Crippen molar-refractivity contribution < 1.29 is 19.0 Å². The van der Waals surface area contributed by atoms with E-state index < -0.39 is 5.97 Å². The van der Waals surface area contributed by atoms with Crippen molar-refractivity contribution in [1.82, 2.24) is 29.7 Å². The van der Waals surface area contributed by atoms with Crippen LogP contribution in [0.4, 0.5) is 4.39 Å². The van der Waals surface area contributed by atoms with Gasteiger partial charge in [0.2, 0.25) is 0 Å². The van der Waals surface area contributed by atoms with Crippen LogP contribution in [0.1, 0.15) is 45.0 Å². The van der Waals surface area contributed by atoms with E-state index in [0.29, 0.717) is 49.9 Å². The summed E-state index contributed by atoms with van der Waals surface area (Å²) in [6.07, 6.45) is 2.62. The monoisotopic (exact) mass is 716 g/mol. The van der Waals surface area contributed by atoms with E-state index >= 15 is 0 Å². The van der Waals surface area contributed by atoms with Gasteiger partial charge in [-0.3, -0.25) is 4.68 Å². The molecule has 2 N–H and O–H groups in total. The summed E-state index contributed by atoms with van der Waals surface area (Å²) in [4.78, 5) is 15.2. The van der Waals surface area contributed by atoms with Gasteiger partial charge in [-0.15, -0.1) is 0 Å². The Morgan fingerprint density at radius 2 is 1.90 bits per heavy atom. The maximum atomic E-state index is 14.4. The van der Waals surface area contributed by atoms with E-state index in [1.165, 1.54) is 11.6 Å². The molecule has 2 aliphatic rings. The van der Waals surface area contributed by atoms with Crippen molar-refractivity contribution >= 4 is 56.7 Å². The summed E-state index contributed by atoms with van der Waals surface area (Å²) in [5.41, 5.74) is 11.6. The second kappa shape index (κ2) is 14.3. The third-order valence-electron chi connectivity index (χ3n) is 9.68. The summed E-state index contributed by atoms with van der Waals surface area (Å²) in [6, 6.07) is 14.9. The fourth-order valence-electron chi connectivity index (χ4n) is 7.30. The van der Waals surface area contributed by atoms with Crippen LogP contribution in [0.2, 0.25) is 5.02 Å². The van der Waals surface area contributed by atoms with Gasteiger partial charge in [-0.1, -0.05) is 23.7 Å². The summed E-state index contributed by atoms with van der Waals surface area (Å²) in [5.74, 6) is 0.941. The van der Waals surface area contributed by atoms with E-state index in [4.69, 9.17) is 21.4 Å². The van der Waals surface area contributed by atoms with Gasteiger partial charge in [-0.25, -0.2) is 14.6 Å². The number of carboxylic acid groups (broad SMARTS) is 1. The number of halogens is 2. The number of ether oxygens (including phenoxy) is 1. The van der Waals surface area contributed by atoms with Crippen molar-refractivity contribution in [3.63, 3.8) is 0 Å². The normalized spacial score (nSPS) is 15.9. The highest BCUT2D eigenvalue weighted by atomic mass is 35.5. The fraction of sp³-hybridized carbons (Fsp3) is 0.368. The van der Waals surface area contributed by atoms with Gasteiger partial charge in [0, 0.05) is 67.3 Å². The molecule has 9 nitrogen and oxygen atoms in total. The lowest BCUT2D eigenvalue weighted by Crippen LogP contribution is -2.27. The molecule has 0 spiro atoms. The number of nitrogens with zero attached hydrogens (tertiary/aromatic N) is 5. The number of aryl methyl sites for hydroxylation is 4. The van der Waals surface area contributed by atoms with Gasteiger partial charge in [0.05, 0.1) is 28.5 Å². The summed E-state index contributed by atoms with van der Waals surface area (Å²) < 4.78 is 24.7. The number of thioether (sulfide) groups is 1. The molecular formula is C38H42ClFN6O3S. The van der Waals surface area contributed by atoms with Crippen LogP contribution in [-0.4, -0.2) is 81.9 Å². The van der Waals surface area contributed by atoms with Crippen LogP contribution in [-0.2, 0) is 38.6 Å². The van der Waals surface area contributed by atoms with E-state index in [1.54, 1.807) is 23.9 Å².